The number of carbonyl (C=O) groups is 1. The van der Waals surface area contributed by atoms with Gasteiger partial charge in [0.2, 0.25) is 11.8 Å². The summed E-state index contributed by atoms with van der Waals surface area (Å²) >= 11 is 5.97. The van der Waals surface area contributed by atoms with Crippen LogP contribution in [0.15, 0.2) is 70.5 Å². The van der Waals surface area contributed by atoms with Crippen molar-refractivity contribution in [1.82, 2.24) is 24.1 Å². The van der Waals surface area contributed by atoms with E-state index >= 15 is 0 Å². The number of ether oxygens (including phenoxy) is 1. The molecule has 4 rings (SSSR count). The van der Waals surface area contributed by atoms with E-state index in [-0.39, 0.29) is 43.6 Å². The van der Waals surface area contributed by atoms with E-state index in [0.29, 0.717) is 16.5 Å². The molecule has 2 aromatic carbocycles. The van der Waals surface area contributed by atoms with Gasteiger partial charge in [-0.05, 0) is 48.4 Å². The topological polar surface area (TPSA) is 161 Å². The SMILES string of the molecule is O=C(O)c1cnc(Oc2ccc(Nc3nc(=O)n(CCCO)c(=O)n3Cc3ccc(Cl)cc3)cc2)cn1. The third-order valence-electron chi connectivity index (χ3n) is 5.12. The molecule has 0 saturated carbocycles. The van der Waals surface area contributed by atoms with Crippen LogP contribution in [0.3, 0.4) is 0 Å². The van der Waals surface area contributed by atoms with Crippen molar-refractivity contribution in [3.63, 3.8) is 0 Å². The fourth-order valence-corrected chi connectivity index (χ4v) is 3.42. The van der Waals surface area contributed by atoms with Crippen LogP contribution < -0.4 is 21.4 Å². The third kappa shape index (κ3) is 6.37. The Balaban J connectivity index is 1.59. The number of benzene rings is 2. The van der Waals surface area contributed by atoms with Gasteiger partial charge < -0.3 is 20.3 Å². The molecule has 0 aliphatic rings. The maximum absolute atomic E-state index is 13.2. The molecule has 0 bridgehead atoms. The third-order valence-corrected chi connectivity index (χ3v) is 5.38. The number of carboxylic acid groups (broad SMARTS) is 1. The molecule has 2 heterocycles. The standard InChI is InChI=1S/C24H21ClN6O6/c25-16-4-2-15(3-5-16)14-31-22(29-23(35)30(24(31)36)10-1-11-32)28-17-6-8-18(9-7-17)37-20-13-26-19(12-27-20)21(33)34/h2-9,12-13,32H,1,10-11,14H2,(H,33,34)(H,28,29,35). The Hall–Kier alpha value is -4.55. The highest BCUT2D eigenvalue weighted by molar-refractivity contribution is 6.30. The summed E-state index contributed by atoms with van der Waals surface area (Å²) in [6, 6.07) is 13.4. The van der Waals surface area contributed by atoms with Gasteiger partial charge in [0.05, 0.1) is 18.9 Å². The Morgan fingerprint density at radius 3 is 2.35 bits per heavy atom. The number of nitrogens with one attached hydrogen (secondary N) is 1. The van der Waals surface area contributed by atoms with Crippen LogP contribution >= 0.6 is 11.6 Å². The Morgan fingerprint density at radius 1 is 1.00 bits per heavy atom. The van der Waals surface area contributed by atoms with Crippen LogP contribution in [0.4, 0.5) is 11.6 Å². The highest BCUT2D eigenvalue weighted by Gasteiger charge is 2.14. The molecule has 37 heavy (non-hydrogen) atoms. The van der Waals surface area contributed by atoms with Crippen molar-refractivity contribution in [2.45, 2.75) is 19.5 Å². The van der Waals surface area contributed by atoms with Crippen molar-refractivity contribution < 1.29 is 19.7 Å². The largest absolute Gasteiger partial charge is 0.476 e. The number of halogens is 1. The zero-order valence-electron chi connectivity index (χ0n) is 19.2. The minimum Gasteiger partial charge on any atom is -0.476 e. The molecule has 0 amide bonds. The van der Waals surface area contributed by atoms with Gasteiger partial charge in [0.1, 0.15) is 5.75 Å². The smallest absolute Gasteiger partial charge is 0.356 e. The number of nitrogens with zero attached hydrogens (tertiary/aromatic N) is 5. The predicted molar refractivity (Wildman–Crippen MR) is 134 cm³/mol. The fourth-order valence-electron chi connectivity index (χ4n) is 3.30. The maximum Gasteiger partial charge on any atom is 0.356 e. The average Bonchev–Trinajstić information content (AvgIpc) is 2.89. The highest BCUT2D eigenvalue weighted by atomic mass is 35.5. The number of hydrogen-bond acceptors (Lipinski definition) is 9. The fraction of sp³-hybridized carbons (Fsp3) is 0.167. The summed E-state index contributed by atoms with van der Waals surface area (Å²) < 4.78 is 7.87. The van der Waals surface area contributed by atoms with E-state index in [0.717, 1.165) is 16.3 Å². The molecular formula is C24H21ClN6O6. The van der Waals surface area contributed by atoms with Gasteiger partial charge in [0, 0.05) is 23.9 Å². The van der Waals surface area contributed by atoms with E-state index in [2.05, 4.69) is 20.3 Å². The van der Waals surface area contributed by atoms with Crippen LogP contribution in [-0.2, 0) is 13.1 Å². The van der Waals surface area contributed by atoms with Crippen molar-refractivity contribution in [3.05, 3.63) is 98.2 Å². The lowest BCUT2D eigenvalue weighted by molar-refractivity contribution is 0.0690. The molecule has 0 fully saturated rings. The second-order valence-corrected chi connectivity index (χ2v) is 8.17. The lowest BCUT2D eigenvalue weighted by Crippen LogP contribution is -2.42. The first-order valence-electron chi connectivity index (χ1n) is 11.0. The van der Waals surface area contributed by atoms with Crippen molar-refractivity contribution in [2.24, 2.45) is 0 Å². The van der Waals surface area contributed by atoms with E-state index in [9.17, 15) is 14.4 Å². The van der Waals surface area contributed by atoms with Gasteiger partial charge in [-0.1, -0.05) is 23.7 Å². The van der Waals surface area contributed by atoms with Crippen molar-refractivity contribution in [3.8, 4) is 11.6 Å². The van der Waals surface area contributed by atoms with Crippen molar-refractivity contribution in [2.75, 3.05) is 11.9 Å². The van der Waals surface area contributed by atoms with Crippen LogP contribution in [0.2, 0.25) is 5.02 Å². The first-order chi connectivity index (χ1) is 17.8. The molecular weight excluding hydrogens is 504 g/mol. The number of anilines is 2. The van der Waals surface area contributed by atoms with Gasteiger partial charge in [-0.15, -0.1) is 0 Å². The van der Waals surface area contributed by atoms with Gasteiger partial charge in [-0.3, -0.25) is 4.57 Å². The molecule has 0 radical (unpaired) electrons. The van der Waals surface area contributed by atoms with Gasteiger partial charge in [-0.2, -0.15) is 4.98 Å². The van der Waals surface area contributed by atoms with Crippen LogP contribution in [-0.4, -0.2) is 46.9 Å². The number of aliphatic hydroxyl groups is 1. The number of carboxylic acids is 1. The molecule has 2 aromatic heterocycles. The van der Waals surface area contributed by atoms with Crippen LogP contribution in [0, 0.1) is 0 Å². The number of aromatic nitrogens is 5. The summed E-state index contributed by atoms with van der Waals surface area (Å²) in [5.74, 6) is -0.655. The minimum absolute atomic E-state index is 0.0322. The lowest BCUT2D eigenvalue weighted by Gasteiger charge is -2.16. The minimum atomic E-state index is -1.20. The summed E-state index contributed by atoms with van der Waals surface area (Å²) in [5.41, 5.74) is -0.236. The maximum atomic E-state index is 13.2. The average molecular weight is 525 g/mol. The van der Waals surface area contributed by atoms with E-state index < -0.39 is 17.3 Å². The quantitative estimate of drug-likeness (QED) is 0.281. The predicted octanol–water partition coefficient (Wildman–Crippen LogP) is 2.51. The summed E-state index contributed by atoms with van der Waals surface area (Å²) in [6.07, 6.45) is 2.51. The molecule has 0 spiro atoms. The molecule has 12 nitrogen and oxygen atoms in total. The van der Waals surface area contributed by atoms with Crippen LogP contribution in [0.5, 0.6) is 11.6 Å². The number of aromatic carboxylic acids is 1. The zero-order valence-corrected chi connectivity index (χ0v) is 20.0. The first-order valence-corrected chi connectivity index (χ1v) is 11.4. The number of aliphatic hydroxyl groups excluding tert-OH is 1. The lowest BCUT2D eigenvalue weighted by atomic mass is 10.2. The van der Waals surface area contributed by atoms with Gasteiger partial charge in [0.15, 0.2) is 5.69 Å². The molecule has 13 heteroatoms. The van der Waals surface area contributed by atoms with Gasteiger partial charge >= 0.3 is 17.3 Å². The molecule has 4 aromatic rings. The summed E-state index contributed by atoms with van der Waals surface area (Å²) in [4.78, 5) is 48.3. The van der Waals surface area contributed by atoms with Gasteiger partial charge in [-0.25, -0.2) is 28.9 Å². The molecule has 0 atom stereocenters. The highest BCUT2D eigenvalue weighted by Crippen LogP contribution is 2.22. The Bertz CT molecular complexity index is 1500. The number of rotatable bonds is 10. The van der Waals surface area contributed by atoms with Crippen molar-refractivity contribution in [1.29, 1.82) is 0 Å². The van der Waals surface area contributed by atoms with Gasteiger partial charge in [0.25, 0.3) is 0 Å². The molecule has 3 N–H and O–H groups in total. The van der Waals surface area contributed by atoms with Crippen LogP contribution in [0.25, 0.3) is 0 Å². The normalized spacial score (nSPS) is 10.8. The summed E-state index contributed by atoms with van der Waals surface area (Å²) in [5, 5.41) is 21.6. The van der Waals surface area contributed by atoms with E-state index in [4.69, 9.17) is 26.6 Å². The Kier molecular flexibility index (Phi) is 7.91. The Morgan fingerprint density at radius 2 is 1.73 bits per heavy atom. The Labute approximate surface area is 214 Å². The summed E-state index contributed by atoms with van der Waals surface area (Å²) in [7, 11) is 0. The number of hydrogen-bond donors (Lipinski definition) is 3. The summed E-state index contributed by atoms with van der Waals surface area (Å²) in [6.45, 7) is -0.0197. The van der Waals surface area contributed by atoms with Crippen LogP contribution in [0.1, 0.15) is 22.5 Å². The second-order valence-electron chi connectivity index (χ2n) is 7.74. The monoisotopic (exact) mass is 524 g/mol. The molecule has 0 saturated heterocycles. The molecule has 0 aliphatic carbocycles. The molecule has 190 valence electrons. The first kappa shape index (κ1) is 25.5. The zero-order chi connectivity index (χ0) is 26.4. The second kappa shape index (κ2) is 11.5. The molecule has 0 unspecified atom stereocenters. The molecule has 0 aliphatic heterocycles. The van der Waals surface area contributed by atoms with Crippen molar-refractivity contribution >= 4 is 29.2 Å². The van der Waals surface area contributed by atoms with E-state index in [1.807, 2.05) is 0 Å². The van der Waals surface area contributed by atoms with E-state index in [1.54, 1.807) is 48.5 Å². The van der Waals surface area contributed by atoms with E-state index in [1.165, 1.54) is 10.8 Å².